The molecule has 0 radical (unpaired) electrons. The van der Waals surface area contributed by atoms with Crippen LogP contribution < -0.4 is 0 Å². The molecule has 5 heteroatoms. The van der Waals surface area contributed by atoms with Crippen molar-refractivity contribution >= 4 is 10.0 Å². The lowest BCUT2D eigenvalue weighted by Gasteiger charge is -2.35. The highest BCUT2D eigenvalue weighted by molar-refractivity contribution is 7.89. The van der Waals surface area contributed by atoms with Crippen molar-refractivity contribution in [3.05, 3.63) is 29.3 Å². The Morgan fingerprint density at radius 3 is 2.81 bits per heavy atom. The summed E-state index contributed by atoms with van der Waals surface area (Å²) in [5.74, 6) is 0.0444. The summed E-state index contributed by atoms with van der Waals surface area (Å²) < 4.78 is 27.1. The Bertz CT molecular complexity index is 626. The summed E-state index contributed by atoms with van der Waals surface area (Å²) in [6.45, 7) is 2.84. The Hall–Kier alpha value is -0.910. The number of nitrogens with zero attached hydrogens (tertiary/aromatic N) is 1. The molecule has 1 aliphatic heterocycles. The Morgan fingerprint density at radius 2 is 2.05 bits per heavy atom. The van der Waals surface area contributed by atoms with Gasteiger partial charge < -0.3 is 5.11 Å². The highest BCUT2D eigenvalue weighted by Gasteiger charge is 2.34. The zero-order valence-corrected chi connectivity index (χ0v) is 13.3. The van der Waals surface area contributed by atoms with E-state index in [9.17, 15) is 13.5 Å². The van der Waals surface area contributed by atoms with Crippen molar-refractivity contribution in [1.29, 1.82) is 0 Å². The average molecular weight is 309 g/mol. The molecule has 0 amide bonds. The topological polar surface area (TPSA) is 57.6 Å². The van der Waals surface area contributed by atoms with E-state index in [1.165, 1.54) is 11.1 Å². The van der Waals surface area contributed by atoms with Crippen LogP contribution in [0.5, 0.6) is 0 Å². The van der Waals surface area contributed by atoms with Crippen LogP contribution in [0.1, 0.15) is 37.3 Å². The fourth-order valence-electron chi connectivity index (χ4n) is 3.46. The van der Waals surface area contributed by atoms with Crippen LogP contribution in [0.2, 0.25) is 0 Å². The van der Waals surface area contributed by atoms with Crippen LogP contribution in [0.15, 0.2) is 23.1 Å². The summed E-state index contributed by atoms with van der Waals surface area (Å²) >= 11 is 0. The monoisotopic (exact) mass is 309 g/mol. The molecule has 2 aliphatic rings. The Morgan fingerprint density at radius 1 is 1.29 bits per heavy atom. The van der Waals surface area contributed by atoms with Gasteiger partial charge in [0.2, 0.25) is 10.0 Å². The number of fused-ring (bicyclic) bond motifs is 1. The first-order chi connectivity index (χ1) is 10.0. The molecule has 1 aromatic carbocycles. The molecule has 1 heterocycles. The maximum absolute atomic E-state index is 12.8. The van der Waals surface area contributed by atoms with Crippen LogP contribution in [0.4, 0.5) is 0 Å². The first-order valence-corrected chi connectivity index (χ1v) is 9.26. The van der Waals surface area contributed by atoms with Crippen LogP contribution in [0.3, 0.4) is 0 Å². The predicted molar refractivity (Wildman–Crippen MR) is 81.6 cm³/mol. The van der Waals surface area contributed by atoms with Gasteiger partial charge in [-0.2, -0.15) is 4.31 Å². The SMILES string of the molecule is CCC1CN(S(=O)(=O)c2ccc3c(c2)CCC3)CCC1O. The summed E-state index contributed by atoms with van der Waals surface area (Å²) in [6, 6.07) is 5.56. The Balaban J connectivity index is 1.86. The van der Waals surface area contributed by atoms with Gasteiger partial charge in [-0.3, -0.25) is 0 Å². The highest BCUT2D eigenvalue weighted by Crippen LogP contribution is 2.29. The number of rotatable bonds is 3. The van der Waals surface area contributed by atoms with Crippen molar-refractivity contribution < 1.29 is 13.5 Å². The number of benzene rings is 1. The van der Waals surface area contributed by atoms with Crippen LogP contribution in [-0.4, -0.2) is 37.0 Å². The number of aliphatic hydroxyl groups is 1. The van der Waals surface area contributed by atoms with Crippen molar-refractivity contribution in [2.24, 2.45) is 5.92 Å². The summed E-state index contributed by atoms with van der Waals surface area (Å²) in [7, 11) is -3.43. The van der Waals surface area contributed by atoms with E-state index in [1.54, 1.807) is 10.4 Å². The summed E-state index contributed by atoms with van der Waals surface area (Å²) in [5, 5.41) is 9.93. The van der Waals surface area contributed by atoms with Gasteiger partial charge in [0.15, 0.2) is 0 Å². The Labute approximate surface area is 126 Å². The molecule has 0 aromatic heterocycles. The zero-order valence-electron chi connectivity index (χ0n) is 12.5. The second kappa shape index (κ2) is 5.71. The number of hydrogen-bond acceptors (Lipinski definition) is 3. The van der Waals surface area contributed by atoms with Gasteiger partial charge in [0.25, 0.3) is 0 Å². The van der Waals surface area contributed by atoms with E-state index in [0.717, 1.165) is 25.7 Å². The van der Waals surface area contributed by atoms with E-state index in [1.807, 2.05) is 19.1 Å². The smallest absolute Gasteiger partial charge is 0.243 e. The van der Waals surface area contributed by atoms with Crippen molar-refractivity contribution in [2.45, 2.75) is 50.0 Å². The van der Waals surface area contributed by atoms with E-state index in [0.29, 0.717) is 24.4 Å². The Kier molecular flexibility index (Phi) is 4.08. The number of hydrogen-bond donors (Lipinski definition) is 1. The van der Waals surface area contributed by atoms with Gasteiger partial charge in [-0.05, 0) is 61.3 Å². The first kappa shape index (κ1) is 15.0. The molecule has 21 heavy (non-hydrogen) atoms. The molecular formula is C16H23NO3S. The second-order valence-electron chi connectivity index (χ2n) is 6.17. The summed E-state index contributed by atoms with van der Waals surface area (Å²) in [4.78, 5) is 0.411. The molecule has 4 nitrogen and oxygen atoms in total. The third kappa shape index (κ3) is 2.74. The lowest BCUT2D eigenvalue weighted by molar-refractivity contribution is 0.0521. The van der Waals surface area contributed by atoms with Crippen molar-refractivity contribution in [2.75, 3.05) is 13.1 Å². The standard InChI is InChI=1S/C16H23NO3S/c1-2-12-11-17(9-8-16(12)18)21(19,20)15-7-6-13-4-3-5-14(13)10-15/h6-7,10,12,16,18H,2-5,8-9,11H2,1H3. The molecule has 1 N–H and O–H groups in total. The van der Waals surface area contributed by atoms with E-state index < -0.39 is 10.0 Å². The van der Waals surface area contributed by atoms with Crippen molar-refractivity contribution in [3.63, 3.8) is 0 Å². The second-order valence-corrected chi connectivity index (χ2v) is 8.11. The minimum absolute atomic E-state index is 0.0444. The number of piperidine rings is 1. The van der Waals surface area contributed by atoms with E-state index in [4.69, 9.17) is 0 Å². The zero-order chi connectivity index (χ0) is 15.0. The van der Waals surface area contributed by atoms with Gasteiger partial charge in [-0.15, -0.1) is 0 Å². The molecule has 1 aromatic rings. The van der Waals surface area contributed by atoms with Gasteiger partial charge in [0.1, 0.15) is 0 Å². The van der Waals surface area contributed by atoms with Crippen LogP contribution >= 0.6 is 0 Å². The molecule has 2 unspecified atom stereocenters. The third-order valence-electron chi connectivity index (χ3n) is 4.89. The predicted octanol–water partition coefficient (Wildman–Crippen LogP) is 1.96. The fourth-order valence-corrected chi connectivity index (χ4v) is 5.03. The molecule has 1 aliphatic carbocycles. The maximum Gasteiger partial charge on any atom is 0.243 e. The molecule has 1 fully saturated rings. The molecule has 2 atom stereocenters. The van der Waals surface area contributed by atoms with E-state index in [2.05, 4.69) is 0 Å². The van der Waals surface area contributed by atoms with Gasteiger partial charge in [0.05, 0.1) is 11.0 Å². The number of sulfonamides is 1. The minimum atomic E-state index is -3.43. The average Bonchev–Trinajstić information content (AvgIpc) is 2.94. The highest BCUT2D eigenvalue weighted by atomic mass is 32.2. The number of aryl methyl sites for hydroxylation is 2. The van der Waals surface area contributed by atoms with Crippen molar-refractivity contribution in [3.8, 4) is 0 Å². The maximum atomic E-state index is 12.8. The quantitative estimate of drug-likeness (QED) is 0.928. The molecule has 116 valence electrons. The molecule has 1 saturated heterocycles. The van der Waals surface area contributed by atoms with Gasteiger partial charge in [0, 0.05) is 13.1 Å². The van der Waals surface area contributed by atoms with Crippen molar-refractivity contribution in [1.82, 2.24) is 4.31 Å². The minimum Gasteiger partial charge on any atom is -0.393 e. The van der Waals surface area contributed by atoms with Crippen LogP contribution in [0.25, 0.3) is 0 Å². The lowest BCUT2D eigenvalue weighted by Crippen LogP contribution is -2.45. The lowest BCUT2D eigenvalue weighted by atomic mass is 9.94. The fraction of sp³-hybridized carbons (Fsp3) is 0.625. The first-order valence-electron chi connectivity index (χ1n) is 7.82. The molecule has 3 rings (SSSR count). The normalized spacial score (nSPS) is 26.8. The largest absolute Gasteiger partial charge is 0.393 e. The summed E-state index contributed by atoms with van der Waals surface area (Å²) in [6.07, 6.45) is 4.12. The third-order valence-corrected chi connectivity index (χ3v) is 6.75. The number of aliphatic hydroxyl groups excluding tert-OH is 1. The van der Waals surface area contributed by atoms with Gasteiger partial charge in [-0.1, -0.05) is 13.0 Å². The molecular weight excluding hydrogens is 286 g/mol. The summed E-state index contributed by atoms with van der Waals surface area (Å²) in [5.41, 5.74) is 2.47. The molecule has 0 saturated carbocycles. The van der Waals surface area contributed by atoms with Gasteiger partial charge >= 0.3 is 0 Å². The van der Waals surface area contributed by atoms with Crippen LogP contribution in [0, 0.1) is 5.92 Å². The van der Waals surface area contributed by atoms with Gasteiger partial charge in [-0.25, -0.2) is 8.42 Å². The molecule has 0 bridgehead atoms. The molecule has 0 spiro atoms. The van der Waals surface area contributed by atoms with E-state index >= 15 is 0 Å². The van der Waals surface area contributed by atoms with E-state index in [-0.39, 0.29) is 12.0 Å². The van der Waals surface area contributed by atoms with Crippen LogP contribution in [-0.2, 0) is 22.9 Å².